The van der Waals surface area contributed by atoms with Gasteiger partial charge < -0.3 is 9.64 Å². The van der Waals surface area contributed by atoms with Crippen LogP contribution in [0.25, 0.3) is 0 Å². The fourth-order valence-corrected chi connectivity index (χ4v) is 3.10. The molecule has 1 amide bonds. The second-order valence-electron chi connectivity index (χ2n) is 6.66. The van der Waals surface area contributed by atoms with Crippen molar-refractivity contribution in [3.05, 3.63) is 65.0 Å². The normalized spacial score (nSPS) is 16.5. The number of hydrogen-bond acceptors (Lipinski definition) is 4. The van der Waals surface area contributed by atoms with Crippen molar-refractivity contribution in [3.8, 4) is 0 Å². The number of carbonyl (C=O) groups excluding carboxylic acids is 3. The molecule has 1 aliphatic rings. The van der Waals surface area contributed by atoms with Crippen molar-refractivity contribution in [3.63, 3.8) is 0 Å². The molecule has 140 valence electrons. The molecule has 0 unspecified atom stereocenters. The summed E-state index contributed by atoms with van der Waals surface area (Å²) in [7, 11) is 0. The molecule has 3 rings (SSSR count). The van der Waals surface area contributed by atoms with E-state index in [0.717, 1.165) is 16.8 Å². The third-order valence-electron chi connectivity index (χ3n) is 4.84. The van der Waals surface area contributed by atoms with E-state index in [4.69, 9.17) is 4.74 Å². The number of ether oxygens (including phenoxy) is 1. The maximum absolute atomic E-state index is 12.9. The van der Waals surface area contributed by atoms with E-state index in [1.807, 2.05) is 32.0 Å². The van der Waals surface area contributed by atoms with Gasteiger partial charge >= 0.3 is 5.97 Å². The van der Waals surface area contributed by atoms with E-state index in [1.54, 1.807) is 4.90 Å². The van der Waals surface area contributed by atoms with E-state index >= 15 is 0 Å². The molecule has 0 aromatic heterocycles. The summed E-state index contributed by atoms with van der Waals surface area (Å²) in [5, 5.41) is 0. The van der Waals surface area contributed by atoms with Gasteiger partial charge in [0.05, 0.1) is 5.92 Å². The maximum Gasteiger partial charge on any atom is 0.311 e. The summed E-state index contributed by atoms with van der Waals surface area (Å²) in [5.74, 6) is -2.20. The minimum Gasteiger partial charge on any atom is -0.457 e. The second kappa shape index (κ2) is 7.70. The van der Waals surface area contributed by atoms with Crippen LogP contribution in [0.15, 0.2) is 42.5 Å². The van der Waals surface area contributed by atoms with Gasteiger partial charge in [0.25, 0.3) is 0 Å². The van der Waals surface area contributed by atoms with Crippen LogP contribution in [0.4, 0.5) is 10.1 Å². The number of rotatable bonds is 5. The largest absolute Gasteiger partial charge is 0.457 e. The Labute approximate surface area is 156 Å². The molecule has 5 nitrogen and oxygen atoms in total. The average Bonchev–Trinajstić information content (AvgIpc) is 3.04. The summed E-state index contributed by atoms with van der Waals surface area (Å²) in [5.41, 5.74) is 3.11. The number of amides is 1. The predicted octanol–water partition coefficient (Wildman–Crippen LogP) is 3.22. The Hall–Kier alpha value is -3.02. The molecule has 0 N–H and O–H groups in total. The first-order chi connectivity index (χ1) is 12.9. The predicted molar refractivity (Wildman–Crippen MR) is 98.1 cm³/mol. The summed E-state index contributed by atoms with van der Waals surface area (Å²) < 4.78 is 18.0. The zero-order chi connectivity index (χ0) is 19.6. The van der Waals surface area contributed by atoms with Gasteiger partial charge in [0.1, 0.15) is 5.82 Å². The first kappa shape index (κ1) is 18.8. The van der Waals surface area contributed by atoms with Crippen molar-refractivity contribution < 1.29 is 23.5 Å². The first-order valence-electron chi connectivity index (χ1n) is 8.69. The third kappa shape index (κ3) is 4.05. The lowest BCUT2D eigenvalue weighted by Gasteiger charge is -2.20. The molecule has 27 heavy (non-hydrogen) atoms. The topological polar surface area (TPSA) is 63.7 Å². The van der Waals surface area contributed by atoms with Crippen LogP contribution >= 0.6 is 0 Å². The standard InChI is InChI=1S/C21H20FNO4/c1-13-4-3-5-18(14(13)2)23-11-16(10-20(23)25)21(26)27-12-19(24)15-6-8-17(22)9-7-15/h3-9,16H,10-12H2,1-2H3/t16-/m1/s1. The number of Topliss-reactive ketones (excluding diaryl/α,β-unsaturated/α-hetero) is 1. The number of ketones is 1. The highest BCUT2D eigenvalue weighted by Gasteiger charge is 2.37. The number of aryl methyl sites for hydroxylation is 1. The Morgan fingerprint density at radius 3 is 2.56 bits per heavy atom. The highest BCUT2D eigenvalue weighted by Crippen LogP contribution is 2.29. The van der Waals surface area contributed by atoms with Gasteiger partial charge in [0, 0.05) is 24.2 Å². The van der Waals surface area contributed by atoms with Gasteiger partial charge in [-0.05, 0) is 55.3 Å². The van der Waals surface area contributed by atoms with Crippen LogP contribution < -0.4 is 4.90 Å². The summed E-state index contributed by atoms with van der Waals surface area (Å²) >= 11 is 0. The van der Waals surface area contributed by atoms with Gasteiger partial charge in [-0.15, -0.1) is 0 Å². The van der Waals surface area contributed by atoms with Gasteiger partial charge in [0.2, 0.25) is 5.91 Å². The number of nitrogens with zero attached hydrogens (tertiary/aromatic N) is 1. The molecule has 0 saturated carbocycles. The average molecular weight is 369 g/mol. The smallest absolute Gasteiger partial charge is 0.311 e. The van der Waals surface area contributed by atoms with Crippen LogP contribution in [0.5, 0.6) is 0 Å². The number of anilines is 1. The lowest BCUT2D eigenvalue weighted by molar-refractivity contribution is -0.147. The van der Waals surface area contributed by atoms with E-state index in [-0.39, 0.29) is 24.4 Å². The minimum absolute atomic E-state index is 0.0525. The number of benzene rings is 2. The third-order valence-corrected chi connectivity index (χ3v) is 4.84. The van der Waals surface area contributed by atoms with E-state index in [0.29, 0.717) is 0 Å². The van der Waals surface area contributed by atoms with Crippen LogP contribution in [0.1, 0.15) is 27.9 Å². The summed E-state index contributed by atoms with van der Waals surface area (Å²) in [6, 6.07) is 10.7. The number of esters is 1. The van der Waals surface area contributed by atoms with Crippen LogP contribution in [-0.2, 0) is 14.3 Å². The molecular formula is C21H20FNO4. The summed E-state index contributed by atoms with van der Waals surface area (Å²) in [6.45, 7) is 3.70. The molecule has 1 aliphatic heterocycles. The van der Waals surface area contributed by atoms with Crippen molar-refractivity contribution in [2.24, 2.45) is 5.92 Å². The van der Waals surface area contributed by atoms with Gasteiger partial charge in [-0.3, -0.25) is 14.4 Å². The van der Waals surface area contributed by atoms with Crippen molar-refractivity contribution >= 4 is 23.3 Å². The molecule has 0 spiro atoms. The van der Waals surface area contributed by atoms with Crippen LogP contribution in [0.3, 0.4) is 0 Å². The zero-order valence-corrected chi connectivity index (χ0v) is 15.2. The highest BCUT2D eigenvalue weighted by molar-refractivity contribution is 6.01. The molecular weight excluding hydrogens is 349 g/mol. The Bertz CT molecular complexity index is 892. The lowest BCUT2D eigenvalue weighted by Crippen LogP contribution is -2.27. The molecule has 1 fully saturated rings. The Morgan fingerprint density at radius 1 is 1.15 bits per heavy atom. The van der Waals surface area contributed by atoms with Crippen molar-refractivity contribution in [1.29, 1.82) is 0 Å². The molecule has 0 aliphatic carbocycles. The fraction of sp³-hybridized carbons (Fsp3) is 0.286. The van der Waals surface area contributed by atoms with Gasteiger partial charge in [-0.2, -0.15) is 0 Å². The van der Waals surface area contributed by atoms with Gasteiger partial charge in [-0.25, -0.2) is 4.39 Å². The highest BCUT2D eigenvalue weighted by atomic mass is 19.1. The number of carbonyl (C=O) groups is 3. The summed E-state index contributed by atoms with van der Waals surface area (Å²) in [6.07, 6.45) is 0.0525. The van der Waals surface area contributed by atoms with E-state index in [2.05, 4.69) is 0 Å². The van der Waals surface area contributed by atoms with E-state index < -0.39 is 30.1 Å². The lowest BCUT2D eigenvalue weighted by atomic mass is 10.1. The molecule has 6 heteroatoms. The quantitative estimate of drug-likeness (QED) is 0.600. The second-order valence-corrected chi connectivity index (χ2v) is 6.66. The SMILES string of the molecule is Cc1cccc(N2C[C@H](C(=O)OCC(=O)c3ccc(F)cc3)CC2=O)c1C. The molecule has 1 atom stereocenters. The van der Waals surface area contributed by atoms with E-state index in [9.17, 15) is 18.8 Å². The van der Waals surface area contributed by atoms with Crippen LogP contribution in [-0.4, -0.2) is 30.8 Å². The molecule has 2 aromatic rings. The number of halogens is 1. The Balaban J connectivity index is 1.61. The molecule has 1 heterocycles. The Kier molecular flexibility index (Phi) is 5.35. The van der Waals surface area contributed by atoms with Gasteiger partial charge in [-0.1, -0.05) is 12.1 Å². The molecule has 2 aromatic carbocycles. The van der Waals surface area contributed by atoms with Crippen molar-refractivity contribution in [2.45, 2.75) is 20.3 Å². The minimum atomic E-state index is -0.613. The Morgan fingerprint density at radius 2 is 1.85 bits per heavy atom. The van der Waals surface area contributed by atoms with Crippen LogP contribution in [0.2, 0.25) is 0 Å². The molecule has 0 bridgehead atoms. The van der Waals surface area contributed by atoms with Crippen molar-refractivity contribution in [2.75, 3.05) is 18.1 Å². The van der Waals surface area contributed by atoms with E-state index in [1.165, 1.54) is 24.3 Å². The monoisotopic (exact) mass is 369 g/mol. The van der Waals surface area contributed by atoms with Crippen LogP contribution in [0, 0.1) is 25.6 Å². The number of hydrogen-bond donors (Lipinski definition) is 0. The fourth-order valence-electron chi connectivity index (χ4n) is 3.10. The van der Waals surface area contributed by atoms with Crippen molar-refractivity contribution in [1.82, 2.24) is 0 Å². The zero-order valence-electron chi connectivity index (χ0n) is 15.2. The molecule has 0 radical (unpaired) electrons. The maximum atomic E-state index is 12.9. The van der Waals surface area contributed by atoms with Gasteiger partial charge in [0.15, 0.2) is 12.4 Å². The molecule has 1 saturated heterocycles. The first-order valence-corrected chi connectivity index (χ1v) is 8.69. The summed E-state index contributed by atoms with van der Waals surface area (Å²) in [4.78, 5) is 38.3.